The quantitative estimate of drug-likeness (QED) is 0.636. The first-order valence-electron chi connectivity index (χ1n) is 9.83. The number of anilines is 2. The fourth-order valence-electron chi connectivity index (χ4n) is 3.52. The Morgan fingerprint density at radius 2 is 1.82 bits per heavy atom. The van der Waals surface area contributed by atoms with E-state index in [4.69, 9.17) is 15.3 Å². The number of carbonyl (C=O) groups excluding carboxylic acids is 1. The lowest BCUT2D eigenvalue weighted by atomic mass is 10.1. The van der Waals surface area contributed by atoms with Crippen LogP contribution in [0, 0.1) is 22.7 Å². The minimum absolute atomic E-state index is 0.273. The molecule has 1 aliphatic rings. The Hall–Kier alpha value is -3.77. The Kier molecular flexibility index (Phi) is 6.75. The predicted octanol–water partition coefficient (Wildman–Crippen LogP) is 4.74. The highest BCUT2D eigenvalue weighted by Gasteiger charge is 2.52. The van der Waals surface area contributed by atoms with Gasteiger partial charge in [0.15, 0.2) is 6.10 Å². The fourth-order valence-corrected chi connectivity index (χ4v) is 3.52. The van der Waals surface area contributed by atoms with Crippen LogP contribution in [0.2, 0.25) is 0 Å². The van der Waals surface area contributed by atoms with Gasteiger partial charge in [-0.15, -0.1) is 0 Å². The van der Waals surface area contributed by atoms with Gasteiger partial charge in [-0.3, -0.25) is 4.79 Å². The number of nitrogens with zero attached hydrogens (tertiary/aromatic N) is 3. The number of nitrogens with one attached hydrogen (secondary N) is 1. The number of benzene rings is 2. The van der Waals surface area contributed by atoms with Gasteiger partial charge in [0.1, 0.15) is 0 Å². The molecule has 1 N–H and O–H groups in total. The van der Waals surface area contributed by atoms with Crippen molar-refractivity contribution in [3.05, 3.63) is 58.7 Å². The van der Waals surface area contributed by atoms with Crippen molar-refractivity contribution in [2.24, 2.45) is 0 Å². The molecule has 0 saturated carbocycles. The summed E-state index contributed by atoms with van der Waals surface area (Å²) < 4.78 is 85.7. The van der Waals surface area contributed by atoms with Crippen molar-refractivity contribution in [2.45, 2.75) is 38.0 Å². The van der Waals surface area contributed by atoms with E-state index in [2.05, 4.69) is 5.32 Å². The zero-order valence-electron chi connectivity index (χ0n) is 17.5. The van der Waals surface area contributed by atoms with Gasteiger partial charge in [-0.1, -0.05) is 6.92 Å². The number of hydrogen-bond acceptors (Lipinski definition) is 5. The standard InChI is InChI=1S/C22H16F6N4O2/c1-2-13-7-12(9-29)3-6-17(13)31-19(33)18-11-32(20(34-18)22(26,27)28)15-5-4-14(10-30)16(8-15)21(23,24)25/h3-8,18,20H,2,11H2,1H3,(H,31,33)/t18-,20-/m0/s1. The molecule has 3 rings (SSSR count). The van der Waals surface area contributed by atoms with E-state index in [9.17, 15) is 31.1 Å². The number of amides is 1. The number of aryl methyl sites for hydroxylation is 1. The molecule has 2 aromatic carbocycles. The van der Waals surface area contributed by atoms with E-state index in [1.54, 1.807) is 6.92 Å². The van der Waals surface area contributed by atoms with Crippen LogP contribution in [0.25, 0.3) is 0 Å². The van der Waals surface area contributed by atoms with Crippen molar-refractivity contribution in [1.29, 1.82) is 10.5 Å². The van der Waals surface area contributed by atoms with E-state index >= 15 is 0 Å². The maximum absolute atomic E-state index is 13.6. The first-order chi connectivity index (χ1) is 15.9. The highest BCUT2D eigenvalue weighted by atomic mass is 19.4. The Bertz CT molecular complexity index is 1180. The fraction of sp³-hybridized carbons (Fsp3) is 0.318. The molecule has 0 radical (unpaired) electrons. The second-order valence-corrected chi connectivity index (χ2v) is 7.34. The Labute approximate surface area is 189 Å². The van der Waals surface area contributed by atoms with Gasteiger partial charge >= 0.3 is 12.4 Å². The summed E-state index contributed by atoms with van der Waals surface area (Å²) in [4.78, 5) is 13.2. The summed E-state index contributed by atoms with van der Waals surface area (Å²) in [5, 5.41) is 20.4. The molecular formula is C22H16F6N4O2. The van der Waals surface area contributed by atoms with Gasteiger partial charge in [-0.25, -0.2) is 0 Å². The van der Waals surface area contributed by atoms with E-state index in [-0.39, 0.29) is 5.69 Å². The van der Waals surface area contributed by atoms with E-state index in [1.807, 2.05) is 6.07 Å². The number of carbonyl (C=O) groups is 1. The molecule has 1 fully saturated rings. The van der Waals surface area contributed by atoms with Gasteiger partial charge in [0, 0.05) is 11.4 Å². The third kappa shape index (κ3) is 5.07. The van der Waals surface area contributed by atoms with Gasteiger partial charge in [0.05, 0.1) is 35.4 Å². The van der Waals surface area contributed by atoms with Gasteiger partial charge in [-0.05, 0) is 48.4 Å². The van der Waals surface area contributed by atoms with E-state index in [1.165, 1.54) is 24.3 Å². The van der Waals surface area contributed by atoms with Crippen LogP contribution in [-0.4, -0.2) is 31.0 Å². The second kappa shape index (κ2) is 9.23. The van der Waals surface area contributed by atoms with Crippen LogP contribution in [0.15, 0.2) is 36.4 Å². The topological polar surface area (TPSA) is 89.2 Å². The highest BCUT2D eigenvalue weighted by molar-refractivity contribution is 5.95. The van der Waals surface area contributed by atoms with Crippen LogP contribution in [0.5, 0.6) is 0 Å². The zero-order chi connectivity index (χ0) is 25.3. The molecule has 34 heavy (non-hydrogen) atoms. The molecule has 1 heterocycles. The molecule has 12 heteroatoms. The van der Waals surface area contributed by atoms with Crippen molar-refractivity contribution in [3.63, 3.8) is 0 Å². The van der Waals surface area contributed by atoms with E-state index < -0.39 is 54.0 Å². The third-order valence-electron chi connectivity index (χ3n) is 5.14. The van der Waals surface area contributed by atoms with Crippen LogP contribution in [0.3, 0.4) is 0 Å². The monoisotopic (exact) mass is 482 g/mol. The van der Waals surface area contributed by atoms with Crippen LogP contribution in [-0.2, 0) is 22.1 Å². The number of halogens is 6. The van der Waals surface area contributed by atoms with Crippen LogP contribution in [0.1, 0.15) is 29.2 Å². The van der Waals surface area contributed by atoms with Crippen LogP contribution < -0.4 is 10.2 Å². The molecular weight excluding hydrogens is 466 g/mol. The van der Waals surface area contributed by atoms with Gasteiger partial charge in [-0.2, -0.15) is 36.9 Å². The first-order valence-corrected chi connectivity index (χ1v) is 9.83. The van der Waals surface area contributed by atoms with Crippen LogP contribution >= 0.6 is 0 Å². The number of hydrogen-bond donors (Lipinski definition) is 1. The second-order valence-electron chi connectivity index (χ2n) is 7.34. The molecule has 0 unspecified atom stereocenters. The minimum Gasteiger partial charge on any atom is -0.335 e. The molecule has 178 valence electrons. The molecule has 0 spiro atoms. The smallest absolute Gasteiger partial charge is 0.335 e. The SMILES string of the molecule is CCc1cc(C#N)ccc1NC(=O)[C@@H]1CN(c2ccc(C#N)c(C(F)(F)F)c2)[C@H](C(F)(F)F)O1. The predicted molar refractivity (Wildman–Crippen MR) is 107 cm³/mol. The van der Waals surface area contributed by atoms with Gasteiger partial charge in [0.25, 0.3) is 5.91 Å². The molecule has 6 nitrogen and oxygen atoms in total. The molecule has 1 aliphatic heterocycles. The lowest BCUT2D eigenvalue weighted by Crippen LogP contribution is -2.42. The normalized spacial score (nSPS) is 18.3. The summed E-state index contributed by atoms with van der Waals surface area (Å²) in [6.45, 7) is 1.07. The summed E-state index contributed by atoms with van der Waals surface area (Å²) in [7, 11) is 0. The number of alkyl halides is 6. The average molecular weight is 482 g/mol. The van der Waals surface area contributed by atoms with Crippen molar-refractivity contribution in [2.75, 3.05) is 16.8 Å². The summed E-state index contributed by atoms with van der Waals surface area (Å²) >= 11 is 0. The molecule has 0 bridgehead atoms. The van der Waals surface area contributed by atoms with Crippen molar-refractivity contribution in [3.8, 4) is 12.1 Å². The maximum Gasteiger partial charge on any atom is 0.433 e. The van der Waals surface area contributed by atoms with Crippen molar-refractivity contribution < 1.29 is 35.9 Å². The number of nitriles is 2. The molecule has 0 aromatic heterocycles. The number of ether oxygens (including phenoxy) is 1. The summed E-state index contributed by atoms with van der Waals surface area (Å²) in [5.41, 5.74) is -1.48. The summed E-state index contributed by atoms with van der Waals surface area (Å²) in [6, 6.07) is 9.80. The maximum atomic E-state index is 13.6. The molecule has 1 amide bonds. The third-order valence-corrected chi connectivity index (χ3v) is 5.14. The minimum atomic E-state index is -5.02. The average Bonchev–Trinajstić information content (AvgIpc) is 3.24. The van der Waals surface area contributed by atoms with Crippen molar-refractivity contribution in [1.82, 2.24) is 0 Å². The zero-order valence-corrected chi connectivity index (χ0v) is 17.5. The highest BCUT2D eigenvalue weighted by Crippen LogP contribution is 2.39. The summed E-state index contributed by atoms with van der Waals surface area (Å²) in [6.07, 6.45) is -13.9. The van der Waals surface area contributed by atoms with E-state index in [0.717, 1.165) is 12.1 Å². The Morgan fingerprint density at radius 1 is 1.12 bits per heavy atom. The molecule has 0 aliphatic carbocycles. The van der Waals surface area contributed by atoms with Gasteiger partial charge in [0.2, 0.25) is 6.23 Å². The summed E-state index contributed by atoms with van der Waals surface area (Å²) in [5.74, 6) is -0.930. The number of rotatable bonds is 4. The Balaban J connectivity index is 1.91. The van der Waals surface area contributed by atoms with Crippen LogP contribution in [0.4, 0.5) is 37.7 Å². The Morgan fingerprint density at radius 3 is 2.38 bits per heavy atom. The molecule has 2 atom stereocenters. The largest absolute Gasteiger partial charge is 0.433 e. The van der Waals surface area contributed by atoms with E-state index in [0.29, 0.717) is 28.5 Å². The first kappa shape index (κ1) is 24.9. The van der Waals surface area contributed by atoms with Crippen molar-refractivity contribution >= 4 is 17.3 Å². The molecule has 1 saturated heterocycles. The molecule has 2 aromatic rings. The lowest BCUT2D eigenvalue weighted by Gasteiger charge is -2.27. The lowest BCUT2D eigenvalue weighted by molar-refractivity contribution is -0.212. The van der Waals surface area contributed by atoms with Gasteiger partial charge < -0.3 is 15.0 Å².